The van der Waals surface area contributed by atoms with Gasteiger partial charge in [0.1, 0.15) is 11.6 Å². The monoisotopic (exact) mass is 472 g/mol. The Labute approximate surface area is 210 Å². The molecule has 0 radical (unpaired) electrons. The molecule has 4 atom stereocenters. The first-order valence-electron chi connectivity index (χ1n) is 13.4. The van der Waals surface area contributed by atoms with Crippen molar-refractivity contribution in [1.29, 1.82) is 0 Å². The summed E-state index contributed by atoms with van der Waals surface area (Å²) in [5, 5.41) is 0. The molecule has 2 aliphatic rings. The van der Waals surface area contributed by atoms with Gasteiger partial charge in [0.25, 0.3) is 0 Å². The van der Waals surface area contributed by atoms with Gasteiger partial charge in [0.2, 0.25) is 0 Å². The third-order valence-corrected chi connectivity index (χ3v) is 8.15. The first-order valence-corrected chi connectivity index (χ1v) is 13.4. The van der Waals surface area contributed by atoms with Crippen LogP contribution in [-0.2, 0) is 6.42 Å². The van der Waals surface area contributed by atoms with E-state index in [1.165, 1.54) is 50.7 Å². The Morgan fingerprint density at radius 2 is 1.74 bits per heavy atom. The van der Waals surface area contributed by atoms with E-state index in [0.29, 0.717) is 17.0 Å². The van der Waals surface area contributed by atoms with E-state index in [9.17, 15) is 4.39 Å². The van der Waals surface area contributed by atoms with Crippen LogP contribution in [0.4, 0.5) is 8.78 Å². The Kier molecular flexibility index (Phi) is 8.97. The number of aryl methyl sites for hydroxylation is 1. The van der Waals surface area contributed by atoms with Crippen LogP contribution in [0.3, 0.4) is 0 Å². The lowest BCUT2D eigenvalue weighted by Gasteiger charge is -2.42. The molecule has 2 saturated carbocycles. The van der Waals surface area contributed by atoms with Crippen molar-refractivity contribution >= 4 is 0 Å². The number of benzene rings is 2. The van der Waals surface area contributed by atoms with Crippen molar-refractivity contribution in [3.8, 4) is 11.8 Å². The third-order valence-electron chi connectivity index (χ3n) is 8.15. The number of hydrogen-bond acceptors (Lipinski definition) is 0. The fourth-order valence-electron chi connectivity index (χ4n) is 6.19. The molecule has 35 heavy (non-hydrogen) atoms. The highest BCUT2D eigenvalue weighted by atomic mass is 19.1. The summed E-state index contributed by atoms with van der Waals surface area (Å²) < 4.78 is 29.5. The predicted molar refractivity (Wildman–Crippen MR) is 142 cm³/mol. The van der Waals surface area contributed by atoms with Gasteiger partial charge in [-0.25, -0.2) is 8.78 Å². The van der Waals surface area contributed by atoms with E-state index >= 15 is 4.39 Å². The molecule has 0 aromatic heterocycles. The Balaban J connectivity index is 1.37. The molecule has 0 saturated heterocycles. The molecule has 0 heterocycles. The summed E-state index contributed by atoms with van der Waals surface area (Å²) in [7, 11) is 0. The number of hydrogen-bond donors (Lipinski definition) is 0. The summed E-state index contributed by atoms with van der Waals surface area (Å²) in [4.78, 5) is 0. The number of halogens is 2. The number of rotatable bonds is 7. The summed E-state index contributed by atoms with van der Waals surface area (Å²) in [6.07, 6.45) is 17.8. The second-order valence-electron chi connectivity index (χ2n) is 10.5. The van der Waals surface area contributed by atoms with Gasteiger partial charge in [-0.05, 0) is 124 Å². The fraction of sp³-hybridized carbons (Fsp3) is 0.455. The molecule has 0 aliphatic heterocycles. The normalized spacial score (nSPS) is 24.0. The van der Waals surface area contributed by atoms with Crippen molar-refractivity contribution in [3.63, 3.8) is 0 Å². The summed E-state index contributed by atoms with van der Waals surface area (Å²) in [6.45, 7) is 5.80. The number of fused-ring (bicyclic) bond motifs is 1. The Hall–Kier alpha value is -2.66. The van der Waals surface area contributed by atoms with Crippen molar-refractivity contribution < 1.29 is 8.78 Å². The molecule has 2 heteroatoms. The van der Waals surface area contributed by atoms with E-state index in [-0.39, 0.29) is 11.6 Å². The van der Waals surface area contributed by atoms with Gasteiger partial charge in [0, 0.05) is 5.56 Å². The van der Waals surface area contributed by atoms with E-state index in [2.05, 4.69) is 37.5 Å². The van der Waals surface area contributed by atoms with Crippen LogP contribution >= 0.6 is 0 Å². The molecule has 184 valence electrons. The van der Waals surface area contributed by atoms with Gasteiger partial charge in [-0.3, -0.25) is 0 Å². The lowest BCUT2D eigenvalue weighted by atomic mass is 9.63. The molecular weight excluding hydrogens is 434 g/mol. The van der Waals surface area contributed by atoms with Crippen molar-refractivity contribution in [1.82, 2.24) is 0 Å². The van der Waals surface area contributed by atoms with Crippen molar-refractivity contribution in [3.05, 3.63) is 95.1 Å². The van der Waals surface area contributed by atoms with E-state index in [4.69, 9.17) is 0 Å². The van der Waals surface area contributed by atoms with Crippen LogP contribution in [0.25, 0.3) is 0 Å². The minimum atomic E-state index is -0.329. The van der Waals surface area contributed by atoms with Gasteiger partial charge in [0.05, 0.1) is 5.56 Å². The average Bonchev–Trinajstić information content (AvgIpc) is 2.87. The van der Waals surface area contributed by atoms with Gasteiger partial charge in [-0.2, -0.15) is 0 Å². The SMILES string of the molecule is C=CCCc1ccc(C#Cc2ccc(C3CCC4CC(CC/C=C/C)CCC4C3)c(F)c2)c(F)c1. The zero-order valence-electron chi connectivity index (χ0n) is 21.0. The lowest BCUT2D eigenvalue weighted by Crippen LogP contribution is -2.30. The van der Waals surface area contributed by atoms with Crippen molar-refractivity contribution in [2.24, 2.45) is 17.8 Å². The highest BCUT2D eigenvalue weighted by Crippen LogP contribution is 2.48. The van der Waals surface area contributed by atoms with Crippen LogP contribution in [0.15, 0.2) is 61.2 Å². The molecule has 0 nitrogen and oxygen atoms in total. The minimum Gasteiger partial charge on any atom is -0.207 e. The molecule has 2 aromatic rings. The van der Waals surface area contributed by atoms with Gasteiger partial charge < -0.3 is 0 Å². The fourth-order valence-corrected chi connectivity index (χ4v) is 6.19. The van der Waals surface area contributed by atoms with Crippen molar-refractivity contribution in [2.45, 2.75) is 77.0 Å². The molecule has 2 aromatic carbocycles. The zero-order valence-corrected chi connectivity index (χ0v) is 21.0. The molecule has 4 unspecified atom stereocenters. The van der Waals surface area contributed by atoms with Gasteiger partial charge in [-0.15, -0.1) is 6.58 Å². The Morgan fingerprint density at radius 1 is 0.914 bits per heavy atom. The molecule has 2 fully saturated rings. The highest BCUT2D eigenvalue weighted by molar-refractivity contribution is 5.45. The first-order chi connectivity index (χ1) is 17.1. The second-order valence-corrected chi connectivity index (χ2v) is 10.5. The Morgan fingerprint density at radius 3 is 2.51 bits per heavy atom. The summed E-state index contributed by atoms with van der Waals surface area (Å²) >= 11 is 0. The second kappa shape index (κ2) is 12.3. The summed E-state index contributed by atoms with van der Waals surface area (Å²) in [5.74, 6) is 8.07. The molecule has 0 bridgehead atoms. The van der Waals surface area contributed by atoms with Crippen LogP contribution in [0.2, 0.25) is 0 Å². The van der Waals surface area contributed by atoms with Crippen molar-refractivity contribution in [2.75, 3.05) is 0 Å². The maximum atomic E-state index is 15.1. The van der Waals surface area contributed by atoms with Gasteiger partial charge >= 0.3 is 0 Å². The average molecular weight is 473 g/mol. The van der Waals surface area contributed by atoms with Crippen LogP contribution < -0.4 is 0 Å². The van der Waals surface area contributed by atoms with E-state index in [0.717, 1.165) is 54.6 Å². The molecule has 0 N–H and O–H groups in total. The highest BCUT2D eigenvalue weighted by Gasteiger charge is 2.36. The van der Waals surface area contributed by atoms with E-state index < -0.39 is 0 Å². The predicted octanol–water partition coefficient (Wildman–Crippen LogP) is 9.14. The molecule has 4 rings (SSSR count). The molecule has 2 aliphatic carbocycles. The van der Waals surface area contributed by atoms with Gasteiger partial charge in [-0.1, -0.05) is 48.6 Å². The molecule has 0 amide bonds. The topological polar surface area (TPSA) is 0 Å². The maximum absolute atomic E-state index is 15.1. The maximum Gasteiger partial charge on any atom is 0.139 e. The standard InChI is InChI=1S/C33H38F2/c1-3-5-7-9-24-12-16-29-23-30(18-17-28(29)20-24)31-19-13-26(22-33(31)35)11-15-27-14-10-25(8-6-4-2)21-32(27)34/h3-5,10,13-14,19,21-22,24,28-30H,2,6-9,12,16-18,20,23H2,1H3/b5-3+. The first kappa shape index (κ1) is 25.4. The lowest BCUT2D eigenvalue weighted by molar-refractivity contribution is 0.114. The summed E-state index contributed by atoms with van der Waals surface area (Å²) in [6, 6.07) is 10.5. The number of allylic oxidation sites excluding steroid dienone is 3. The molecule has 0 spiro atoms. The van der Waals surface area contributed by atoms with Crippen LogP contribution in [0.1, 0.15) is 92.9 Å². The zero-order chi connectivity index (χ0) is 24.6. The van der Waals surface area contributed by atoms with E-state index in [1.807, 2.05) is 24.3 Å². The smallest absolute Gasteiger partial charge is 0.139 e. The van der Waals surface area contributed by atoms with Crippen LogP contribution in [-0.4, -0.2) is 0 Å². The van der Waals surface area contributed by atoms with Crippen LogP contribution in [0.5, 0.6) is 0 Å². The Bertz CT molecular complexity index is 1100. The minimum absolute atomic E-state index is 0.166. The largest absolute Gasteiger partial charge is 0.207 e. The van der Waals surface area contributed by atoms with Crippen LogP contribution in [0, 0.1) is 41.2 Å². The third kappa shape index (κ3) is 6.72. The van der Waals surface area contributed by atoms with Gasteiger partial charge in [0.15, 0.2) is 0 Å². The summed E-state index contributed by atoms with van der Waals surface area (Å²) in [5.41, 5.74) is 2.70. The van der Waals surface area contributed by atoms with E-state index in [1.54, 1.807) is 6.07 Å². The molecular formula is C33H38F2. The quantitative estimate of drug-likeness (QED) is 0.278.